The molecule has 0 atom stereocenters. The number of anilines is 1. The molecule has 1 aromatic rings. The molecule has 0 spiro atoms. The van der Waals surface area contributed by atoms with Crippen molar-refractivity contribution in [1.82, 2.24) is 0 Å². The fourth-order valence-corrected chi connectivity index (χ4v) is 1.84. The molecular formula is C14H15NO2. The zero-order valence-electron chi connectivity index (χ0n) is 9.90. The van der Waals surface area contributed by atoms with Crippen LogP contribution < -0.4 is 9.64 Å². The fourth-order valence-electron chi connectivity index (χ4n) is 1.84. The first-order valence-corrected chi connectivity index (χ1v) is 5.74. The van der Waals surface area contributed by atoms with Crippen LogP contribution in [0.25, 0.3) is 0 Å². The van der Waals surface area contributed by atoms with E-state index < -0.39 is 0 Å². The minimum absolute atomic E-state index is 0.204. The van der Waals surface area contributed by atoms with Crippen LogP contribution >= 0.6 is 0 Å². The average molecular weight is 229 g/mol. The van der Waals surface area contributed by atoms with Crippen LogP contribution in [-0.2, 0) is 4.79 Å². The number of benzene rings is 1. The summed E-state index contributed by atoms with van der Waals surface area (Å²) in [5.74, 6) is 6.59. The maximum atomic E-state index is 11.5. The standard InChI is InChI=1S/C14H15NO2/c1-2-3-11-17-13-8-6-12(7-9-13)15-10-4-5-14(15)16/h6-9H,4-5,10-11H2,1H3. The number of carbonyl (C=O) groups excluding carboxylic acids is 1. The van der Waals surface area contributed by atoms with Gasteiger partial charge in [-0.05, 0) is 37.6 Å². The largest absolute Gasteiger partial charge is 0.481 e. The minimum Gasteiger partial charge on any atom is -0.481 e. The molecule has 2 rings (SSSR count). The molecule has 88 valence electrons. The number of hydrogen-bond donors (Lipinski definition) is 0. The lowest BCUT2D eigenvalue weighted by Crippen LogP contribution is -2.23. The minimum atomic E-state index is 0.204. The summed E-state index contributed by atoms with van der Waals surface area (Å²) in [5.41, 5.74) is 0.946. The van der Waals surface area contributed by atoms with Crippen LogP contribution in [0.2, 0.25) is 0 Å². The van der Waals surface area contributed by atoms with E-state index in [0.717, 1.165) is 24.4 Å². The summed E-state index contributed by atoms with van der Waals surface area (Å²) in [6, 6.07) is 7.58. The number of rotatable bonds is 3. The molecule has 1 amide bonds. The summed E-state index contributed by atoms with van der Waals surface area (Å²) < 4.78 is 5.41. The Bertz CT molecular complexity index is 453. The van der Waals surface area contributed by atoms with Crippen LogP contribution in [-0.4, -0.2) is 19.1 Å². The first kappa shape index (κ1) is 11.5. The zero-order chi connectivity index (χ0) is 12.1. The van der Waals surface area contributed by atoms with Gasteiger partial charge in [0.05, 0.1) is 0 Å². The molecule has 3 nitrogen and oxygen atoms in total. The summed E-state index contributed by atoms with van der Waals surface area (Å²) in [6.45, 7) is 3.00. The van der Waals surface area contributed by atoms with Crippen LogP contribution in [0.1, 0.15) is 19.8 Å². The molecule has 0 unspecified atom stereocenters. The Morgan fingerprint density at radius 3 is 2.71 bits per heavy atom. The van der Waals surface area contributed by atoms with Gasteiger partial charge in [-0.2, -0.15) is 0 Å². The van der Waals surface area contributed by atoms with Gasteiger partial charge < -0.3 is 9.64 Å². The fraction of sp³-hybridized carbons (Fsp3) is 0.357. The number of nitrogens with zero attached hydrogens (tertiary/aromatic N) is 1. The van der Waals surface area contributed by atoms with E-state index in [2.05, 4.69) is 11.8 Å². The molecule has 0 bridgehead atoms. The number of amides is 1. The Hall–Kier alpha value is -1.95. The number of carbonyl (C=O) groups is 1. The van der Waals surface area contributed by atoms with Crippen LogP contribution in [0, 0.1) is 11.8 Å². The van der Waals surface area contributed by atoms with Gasteiger partial charge in [0.15, 0.2) is 0 Å². The van der Waals surface area contributed by atoms with Gasteiger partial charge in [0.2, 0.25) is 5.91 Å². The van der Waals surface area contributed by atoms with Gasteiger partial charge in [-0.3, -0.25) is 4.79 Å². The lowest BCUT2D eigenvalue weighted by Gasteiger charge is -2.15. The lowest BCUT2D eigenvalue weighted by atomic mass is 10.3. The Morgan fingerprint density at radius 1 is 1.35 bits per heavy atom. The van der Waals surface area contributed by atoms with E-state index in [1.165, 1.54) is 0 Å². The Balaban J connectivity index is 2.01. The van der Waals surface area contributed by atoms with Crippen molar-refractivity contribution in [3.8, 4) is 17.6 Å². The van der Waals surface area contributed by atoms with E-state index in [1.54, 1.807) is 6.92 Å². The molecule has 3 heteroatoms. The van der Waals surface area contributed by atoms with E-state index in [0.29, 0.717) is 13.0 Å². The van der Waals surface area contributed by atoms with Crippen molar-refractivity contribution < 1.29 is 9.53 Å². The molecule has 1 aliphatic heterocycles. The average Bonchev–Trinajstić information content (AvgIpc) is 2.77. The van der Waals surface area contributed by atoms with Crippen molar-refractivity contribution in [2.75, 3.05) is 18.1 Å². The normalized spacial score (nSPS) is 14.4. The van der Waals surface area contributed by atoms with E-state index in [9.17, 15) is 4.79 Å². The molecule has 0 aliphatic carbocycles. The predicted molar refractivity (Wildman–Crippen MR) is 67.0 cm³/mol. The van der Waals surface area contributed by atoms with E-state index in [4.69, 9.17) is 4.74 Å². The summed E-state index contributed by atoms with van der Waals surface area (Å²) in [4.78, 5) is 13.4. The first-order chi connectivity index (χ1) is 8.31. The van der Waals surface area contributed by atoms with E-state index >= 15 is 0 Å². The van der Waals surface area contributed by atoms with Crippen molar-refractivity contribution in [1.29, 1.82) is 0 Å². The van der Waals surface area contributed by atoms with Gasteiger partial charge >= 0.3 is 0 Å². The second-order valence-corrected chi connectivity index (χ2v) is 3.86. The summed E-state index contributed by atoms with van der Waals surface area (Å²) in [7, 11) is 0. The third kappa shape index (κ3) is 2.79. The van der Waals surface area contributed by atoms with Gasteiger partial charge in [0.1, 0.15) is 12.4 Å². The summed E-state index contributed by atoms with van der Waals surface area (Å²) in [5, 5.41) is 0. The highest BCUT2D eigenvalue weighted by Gasteiger charge is 2.21. The first-order valence-electron chi connectivity index (χ1n) is 5.74. The molecule has 0 N–H and O–H groups in total. The van der Waals surface area contributed by atoms with Gasteiger partial charge in [-0.15, -0.1) is 5.92 Å². The predicted octanol–water partition coefficient (Wildman–Crippen LogP) is 2.22. The Labute approximate surface area is 101 Å². The van der Waals surface area contributed by atoms with Crippen molar-refractivity contribution >= 4 is 11.6 Å². The van der Waals surface area contributed by atoms with Gasteiger partial charge in [0, 0.05) is 18.7 Å². The summed E-state index contributed by atoms with van der Waals surface area (Å²) in [6.07, 6.45) is 1.60. The molecule has 0 saturated carbocycles. The third-order valence-corrected chi connectivity index (χ3v) is 2.71. The van der Waals surface area contributed by atoms with Gasteiger partial charge in [0.25, 0.3) is 0 Å². The molecular weight excluding hydrogens is 214 g/mol. The summed E-state index contributed by atoms with van der Waals surface area (Å²) >= 11 is 0. The number of ether oxygens (including phenoxy) is 1. The highest BCUT2D eigenvalue weighted by molar-refractivity contribution is 5.95. The Kier molecular flexibility index (Phi) is 3.66. The molecule has 1 saturated heterocycles. The van der Waals surface area contributed by atoms with Crippen molar-refractivity contribution in [2.24, 2.45) is 0 Å². The molecule has 0 radical (unpaired) electrons. The molecule has 17 heavy (non-hydrogen) atoms. The SMILES string of the molecule is CC#CCOc1ccc(N2CCCC2=O)cc1. The van der Waals surface area contributed by atoms with Crippen molar-refractivity contribution in [2.45, 2.75) is 19.8 Å². The molecule has 0 aromatic heterocycles. The van der Waals surface area contributed by atoms with Crippen LogP contribution in [0.4, 0.5) is 5.69 Å². The lowest BCUT2D eigenvalue weighted by molar-refractivity contribution is -0.117. The second-order valence-electron chi connectivity index (χ2n) is 3.86. The maximum Gasteiger partial charge on any atom is 0.227 e. The van der Waals surface area contributed by atoms with Crippen molar-refractivity contribution in [3.63, 3.8) is 0 Å². The van der Waals surface area contributed by atoms with Crippen LogP contribution in [0.5, 0.6) is 5.75 Å². The highest BCUT2D eigenvalue weighted by Crippen LogP contribution is 2.23. The van der Waals surface area contributed by atoms with Crippen molar-refractivity contribution in [3.05, 3.63) is 24.3 Å². The maximum absolute atomic E-state index is 11.5. The van der Waals surface area contributed by atoms with Crippen LogP contribution in [0.15, 0.2) is 24.3 Å². The van der Waals surface area contributed by atoms with Gasteiger partial charge in [-0.1, -0.05) is 5.92 Å². The molecule has 1 fully saturated rings. The number of hydrogen-bond acceptors (Lipinski definition) is 2. The second kappa shape index (κ2) is 5.40. The topological polar surface area (TPSA) is 29.5 Å². The smallest absolute Gasteiger partial charge is 0.227 e. The molecule has 1 heterocycles. The quantitative estimate of drug-likeness (QED) is 0.744. The van der Waals surface area contributed by atoms with Gasteiger partial charge in [-0.25, -0.2) is 0 Å². The Morgan fingerprint density at radius 2 is 2.12 bits per heavy atom. The van der Waals surface area contributed by atoms with E-state index in [-0.39, 0.29) is 5.91 Å². The highest BCUT2D eigenvalue weighted by atomic mass is 16.5. The zero-order valence-corrected chi connectivity index (χ0v) is 9.90. The van der Waals surface area contributed by atoms with E-state index in [1.807, 2.05) is 29.2 Å². The molecule has 1 aliphatic rings. The molecule has 1 aromatic carbocycles. The third-order valence-electron chi connectivity index (χ3n) is 2.71. The monoisotopic (exact) mass is 229 g/mol. The van der Waals surface area contributed by atoms with Crippen LogP contribution in [0.3, 0.4) is 0 Å².